The lowest BCUT2D eigenvalue weighted by molar-refractivity contribution is -0.129. The van der Waals surface area contributed by atoms with Crippen LogP contribution >= 0.6 is 0 Å². The number of carbonyl (C=O) groups excluding carboxylic acids is 1. The first-order valence-electron chi connectivity index (χ1n) is 6.99. The average molecular weight is 290 g/mol. The first-order valence-corrected chi connectivity index (χ1v) is 8.81. The highest BCUT2D eigenvalue weighted by Gasteiger charge is 2.34. The number of hydrogen-bond donors (Lipinski definition) is 1. The second-order valence-electron chi connectivity index (χ2n) is 5.56. The Labute approximate surface area is 116 Å². The summed E-state index contributed by atoms with van der Waals surface area (Å²) >= 11 is 0. The van der Waals surface area contributed by atoms with E-state index in [-0.39, 0.29) is 17.3 Å². The molecule has 0 aliphatic carbocycles. The van der Waals surface area contributed by atoms with Crippen LogP contribution in [0.15, 0.2) is 0 Å². The molecule has 0 saturated carbocycles. The van der Waals surface area contributed by atoms with Gasteiger partial charge in [0.25, 0.3) is 0 Å². The summed E-state index contributed by atoms with van der Waals surface area (Å²) in [5.41, 5.74) is -0.488. The highest BCUT2D eigenvalue weighted by Crippen LogP contribution is 2.19. The number of carbonyl (C=O) groups is 1. The lowest BCUT2D eigenvalue weighted by atomic mass is 9.93. The second-order valence-corrected chi connectivity index (χ2v) is 8.03. The Balaban J connectivity index is 2.47. The van der Waals surface area contributed by atoms with Crippen molar-refractivity contribution in [3.05, 3.63) is 0 Å². The number of nitrogens with one attached hydrogen (secondary N) is 1. The SMILES string of the molecule is CCS(=O)(=O)CCCC(=O)C(C)(C)N1CCNCC1. The largest absolute Gasteiger partial charge is 0.314 e. The molecule has 1 aliphatic heterocycles. The number of ketones is 1. The van der Waals surface area contributed by atoms with Gasteiger partial charge in [0.15, 0.2) is 5.78 Å². The summed E-state index contributed by atoms with van der Waals surface area (Å²) in [5, 5.41) is 3.26. The summed E-state index contributed by atoms with van der Waals surface area (Å²) in [4.78, 5) is 14.5. The van der Waals surface area contributed by atoms with Crippen LogP contribution in [0.25, 0.3) is 0 Å². The van der Waals surface area contributed by atoms with Gasteiger partial charge >= 0.3 is 0 Å². The van der Waals surface area contributed by atoms with Gasteiger partial charge in [0.05, 0.1) is 11.3 Å². The summed E-state index contributed by atoms with van der Waals surface area (Å²) < 4.78 is 22.8. The van der Waals surface area contributed by atoms with Crippen LogP contribution in [-0.4, -0.2) is 62.3 Å². The molecule has 1 N–H and O–H groups in total. The molecule has 0 aromatic carbocycles. The van der Waals surface area contributed by atoms with Crippen LogP contribution in [-0.2, 0) is 14.6 Å². The number of piperazine rings is 1. The molecule has 1 rings (SSSR count). The number of Topliss-reactive ketones (excluding diaryl/α,β-unsaturated/α-hetero) is 1. The van der Waals surface area contributed by atoms with E-state index >= 15 is 0 Å². The molecule has 5 nitrogen and oxygen atoms in total. The zero-order valence-electron chi connectivity index (χ0n) is 12.2. The van der Waals surface area contributed by atoms with E-state index in [1.54, 1.807) is 6.92 Å². The van der Waals surface area contributed by atoms with Gasteiger partial charge in [-0.1, -0.05) is 6.92 Å². The van der Waals surface area contributed by atoms with Gasteiger partial charge in [0, 0.05) is 38.4 Å². The van der Waals surface area contributed by atoms with E-state index in [4.69, 9.17) is 0 Å². The van der Waals surface area contributed by atoms with Gasteiger partial charge in [-0.2, -0.15) is 0 Å². The van der Waals surface area contributed by atoms with Crippen molar-refractivity contribution in [1.29, 1.82) is 0 Å². The van der Waals surface area contributed by atoms with Crippen molar-refractivity contribution in [2.24, 2.45) is 0 Å². The first kappa shape index (κ1) is 16.6. The van der Waals surface area contributed by atoms with Gasteiger partial charge in [-0.15, -0.1) is 0 Å². The minimum atomic E-state index is -2.96. The highest BCUT2D eigenvalue weighted by molar-refractivity contribution is 7.91. The second kappa shape index (κ2) is 6.81. The maximum atomic E-state index is 12.3. The Hall–Kier alpha value is -0.460. The molecule has 0 atom stereocenters. The molecular formula is C13H26N2O3S. The molecule has 1 saturated heterocycles. The molecule has 0 bridgehead atoms. The summed E-state index contributed by atoms with van der Waals surface area (Å²) in [6.07, 6.45) is 0.778. The van der Waals surface area contributed by atoms with E-state index < -0.39 is 15.4 Å². The molecule has 0 aromatic rings. The van der Waals surface area contributed by atoms with E-state index in [2.05, 4.69) is 10.2 Å². The van der Waals surface area contributed by atoms with Crippen LogP contribution < -0.4 is 5.32 Å². The summed E-state index contributed by atoms with van der Waals surface area (Å²) in [7, 11) is -2.96. The van der Waals surface area contributed by atoms with Crippen molar-refractivity contribution in [2.45, 2.75) is 39.2 Å². The fourth-order valence-electron chi connectivity index (χ4n) is 2.30. The Morgan fingerprint density at radius 3 is 2.37 bits per heavy atom. The minimum Gasteiger partial charge on any atom is -0.314 e. The quantitative estimate of drug-likeness (QED) is 0.737. The predicted octanol–water partition coefficient (Wildman–Crippen LogP) is 0.454. The lowest BCUT2D eigenvalue weighted by Crippen LogP contribution is -2.57. The van der Waals surface area contributed by atoms with E-state index in [1.807, 2.05) is 13.8 Å². The van der Waals surface area contributed by atoms with Crippen LogP contribution in [0, 0.1) is 0 Å². The Morgan fingerprint density at radius 1 is 1.26 bits per heavy atom. The molecule has 1 fully saturated rings. The number of nitrogens with zero attached hydrogens (tertiary/aromatic N) is 1. The van der Waals surface area contributed by atoms with Crippen molar-refractivity contribution in [1.82, 2.24) is 10.2 Å². The van der Waals surface area contributed by atoms with E-state index in [0.29, 0.717) is 12.8 Å². The van der Waals surface area contributed by atoms with Crippen LogP contribution in [0.4, 0.5) is 0 Å². The average Bonchev–Trinajstić information content (AvgIpc) is 2.39. The molecule has 0 radical (unpaired) electrons. The lowest BCUT2D eigenvalue weighted by Gasteiger charge is -2.40. The number of rotatable bonds is 7. The van der Waals surface area contributed by atoms with Gasteiger partial charge in [-0.05, 0) is 20.3 Å². The Bertz CT molecular complexity index is 398. The van der Waals surface area contributed by atoms with Gasteiger partial charge in [0.1, 0.15) is 9.84 Å². The van der Waals surface area contributed by atoms with Gasteiger partial charge in [0.2, 0.25) is 0 Å². The smallest absolute Gasteiger partial charge is 0.152 e. The molecule has 0 amide bonds. The fraction of sp³-hybridized carbons (Fsp3) is 0.923. The summed E-state index contributed by atoms with van der Waals surface area (Å²) in [6.45, 7) is 9.06. The summed E-state index contributed by atoms with van der Waals surface area (Å²) in [6, 6.07) is 0. The minimum absolute atomic E-state index is 0.118. The zero-order chi connectivity index (χ0) is 14.5. The van der Waals surface area contributed by atoms with Crippen molar-refractivity contribution < 1.29 is 13.2 Å². The standard InChI is InChI=1S/C13H26N2O3S/c1-4-19(17,18)11-5-6-12(16)13(2,3)15-9-7-14-8-10-15/h14H,4-11H2,1-3H3. The Kier molecular flexibility index (Phi) is 5.95. The highest BCUT2D eigenvalue weighted by atomic mass is 32.2. The molecule has 19 heavy (non-hydrogen) atoms. The Morgan fingerprint density at radius 2 is 1.84 bits per heavy atom. The van der Waals surface area contributed by atoms with Gasteiger partial charge in [-0.25, -0.2) is 8.42 Å². The molecular weight excluding hydrogens is 264 g/mol. The third kappa shape index (κ3) is 4.85. The normalized spacial score (nSPS) is 18.5. The van der Waals surface area contributed by atoms with E-state index in [1.165, 1.54) is 0 Å². The fourth-order valence-corrected chi connectivity index (χ4v) is 3.18. The molecule has 6 heteroatoms. The van der Waals surface area contributed by atoms with Crippen LogP contribution in [0.5, 0.6) is 0 Å². The topological polar surface area (TPSA) is 66.5 Å². The molecule has 1 heterocycles. The summed E-state index contributed by atoms with van der Waals surface area (Å²) in [5.74, 6) is 0.413. The van der Waals surface area contributed by atoms with E-state index in [9.17, 15) is 13.2 Å². The van der Waals surface area contributed by atoms with E-state index in [0.717, 1.165) is 26.2 Å². The zero-order valence-corrected chi connectivity index (χ0v) is 13.1. The maximum absolute atomic E-state index is 12.3. The first-order chi connectivity index (χ1) is 8.79. The third-order valence-corrected chi connectivity index (χ3v) is 5.68. The van der Waals surface area contributed by atoms with Crippen LogP contribution in [0.1, 0.15) is 33.6 Å². The molecule has 0 aromatic heterocycles. The van der Waals surface area contributed by atoms with Crippen molar-refractivity contribution in [3.8, 4) is 0 Å². The molecule has 112 valence electrons. The predicted molar refractivity (Wildman–Crippen MR) is 77.1 cm³/mol. The van der Waals surface area contributed by atoms with Crippen molar-refractivity contribution in [3.63, 3.8) is 0 Å². The number of sulfone groups is 1. The van der Waals surface area contributed by atoms with Crippen molar-refractivity contribution >= 4 is 15.6 Å². The molecule has 0 spiro atoms. The monoisotopic (exact) mass is 290 g/mol. The molecule has 1 aliphatic rings. The van der Waals surface area contributed by atoms with Crippen LogP contribution in [0.2, 0.25) is 0 Å². The number of hydrogen-bond acceptors (Lipinski definition) is 5. The third-order valence-electron chi connectivity index (χ3n) is 3.89. The molecule has 0 unspecified atom stereocenters. The van der Waals surface area contributed by atoms with Gasteiger partial charge in [-0.3, -0.25) is 9.69 Å². The van der Waals surface area contributed by atoms with Crippen molar-refractivity contribution in [2.75, 3.05) is 37.7 Å². The van der Waals surface area contributed by atoms with Crippen LogP contribution in [0.3, 0.4) is 0 Å². The maximum Gasteiger partial charge on any atom is 0.152 e. The van der Waals surface area contributed by atoms with Gasteiger partial charge < -0.3 is 5.32 Å².